The Labute approximate surface area is 528 Å². The van der Waals surface area contributed by atoms with Gasteiger partial charge in [-0.05, 0) is 120 Å². The fraction of sp³-hybridized carbons (Fsp3) is 0.952. The van der Waals surface area contributed by atoms with E-state index in [0.29, 0.717) is 44.9 Å². The van der Waals surface area contributed by atoms with E-state index in [1.165, 1.54) is 33.3 Å². The van der Waals surface area contributed by atoms with Crippen LogP contribution in [0.4, 0.5) is 0 Å². The van der Waals surface area contributed by atoms with Crippen molar-refractivity contribution in [2.75, 3.05) is 13.2 Å². The van der Waals surface area contributed by atoms with E-state index in [1.54, 1.807) is 6.92 Å². The van der Waals surface area contributed by atoms with Crippen molar-refractivity contribution in [3.8, 4) is 0 Å². The third kappa shape index (κ3) is 13.9. The molecule has 38 atom stereocenters. The molecular formula is C62H102O29. The van der Waals surface area contributed by atoms with Gasteiger partial charge in [-0.2, -0.15) is 0 Å². The van der Waals surface area contributed by atoms with E-state index < -0.39 is 215 Å². The minimum atomic E-state index is -2.03. The average molecular weight is 1310 g/mol. The first-order chi connectivity index (χ1) is 42.7. The Hall–Kier alpha value is -1.71. The van der Waals surface area contributed by atoms with E-state index in [-0.39, 0.29) is 47.2 Å². The molecule has 16 N–H and O–H groups in total. The number of ether oxygens (including phenoxy) is 12. The zero-order valence-electron chi connectivity index (χ0n) is 53.1. The van der Waals surface area contributed by atoms with Crippen molar-refractivity contribution in [1.29, 1.82) is 0 Å². The van der Waals surface area contributed by atoms with Gasteiger partial charge in [0.2, 0.25) is 0 Å². The van der Waals surface area contributed by atoms with Crippen LogP contribution in [0.3, 0.4) is 0 Å². The summed E-state index contributed by atoms with van der Waals surface area (Å²) in [5.41, 5.74) is -0.796. The number of hydrogen-bond acceptors (Lipinski definition) is 29. The minimum Gasteiger partial charge on any atom is -0.394 e. The smallest absolute Gasteiger partial charge is 0.187 e. The number of ketones is 1. The summed E-state index contributed by atoms with van der Waals surface area (Å²) in [5.74, 6) is -0.213. The maximum absolute atomic E-state index is 13.2. The molecule has 0 bridgehead atoms. The lowest BCUT2D eigenvalue weighted by molar-refractivity contribution is -0.402. The van der Waals surface area contributed by atoms with Crippen molar-refractivity contribution in [3.63, 3.8) is 0 Å². The number of hydrogen-bond donors (Lipinski definition) is 16. The van der Waals surface area contributed by atoms with Gasteiger partial charge in [0.05, 0.1) is 55.4 Å². The van der Waals surface area contributed by atoms with Crippen molar-refractivity contribution < 1.29 is 143 Å². The Morgan fingerprint density at radius 2 is 1.04 bits per heavy atom. The van der Waals surface area contributed by atoms with Crippen LogP contribution in [-0.4, -0.2) is 297 Å². The van der Waals surface area contributed by atoms with Crippen LogP contribution in [0.2, 0.25) is 0 Å². The van der Waals surface area contributed by atoms with Crippen molar-refractivity contribution >= 4 is 5.78 Å². The van der Waals surface area contributed by atoms with E-state index in [9.17, 15) is 86.5 Å². The molecule has 0 spiro atoms. The van der Waals surface area contributed by atoms with Crippen molar-refractivity contribution in [1.82, 2.24) is 0 Å². The first-order valence-corrected chi connectivity index (χ1v) is 32.6. The number of aliphatic hydroxyl groups is 16. The number of carbonyl (C=O) groups is 1. The molecule has 0 aromatic rings. The molecular weight excluding hydrogens is 1210 g/mol. The van der Waals surface area contributed by atoms with E-state index >= 15 is 0 Å². The number of Topliss-reactive ketones (excluding diaryl/α,β-unsaturated/α-hetero) is 1. The molecule has 9 fully saturated rings. The van der Waals surface area contributed by atoms with Crippen LogP contribution in [-0.2, 0) is 61.6 Å². The third-order valence-corrected chi connectivity index (χ3v) is 22.1. The molecule has 524 valence electrons. The lowest BCUT2D eigenvalue weighted by Gasteiger charge is -2.60. The van der Waals surface area contributed by atoms with E-state index in [1.807, 2.05) is 13.8 Å². The van der Waals surface area contributed by atoms with Gasteiger partial charge in [-0.1, -0.05) is 39.3 Å². The van der Waals surface area contributed by atoms with Crippen molar-refractivity contribution in [2.45, 2.75) is 316 Å². The van der Waals surface area contributed by atoms with Gasteiger partial charge in [-0.3, -0.25) is 4.79 Å². The molecule has 3 saturated carbocycles. The molecule has 6 saturated heterocycles. The second-order valence-electron chi connectivity index (χ2n) is 29.0. The molecule has 4 aliphatic carbocycles. The van der Waals surface area contributed by atoms with Gasteiger partial charge in [-0.15, -0.1) is 0 Å². The number of allylic oxidation sites excluding steroid dienone is 2. The highest BCUT2D eigenvalue weighted by Gasteiger charge is 2.64. The van der Waals surface area contributed by atoms with Gasteiger partial charge >= 0.3 is 0 Å². The van der Waals surface area contributed by atoms with Gasteiger partial charge in [0.1, 0.15) is 122 Å². The fourth-order valence-electron chi connectivity index (χ4n) is 16.9. The molecule has 38 unspecified atom stereocenters. The molecule has 29 heteroatoms. The first kappa shape index (κ1) is 72.0. The van der Waals surface area contributed by atoms with Gasteiger partial charge in [0, 0.05) is 12.8 Å². The van der Waals surface area contributed by atoms with Crippen LogP contribution in [0.1, 0.15) is 120 Å². The molecule has 0 aromatic carbocycles. The molecule has 6 heterocycles. The number of carbonyl (C=O) groups excluding carboxylic acids is 1. The van der Waals surface area contributed by atoms with E-state index in [0.717, 1.165) is 6.42 Å². The Kier molecular flexibility index (Phi) is 22.4. The van der Waals surface area contributed by atoms with Crippen molar-refractivity contribution in [3.05, 3.63) is 11.6 Å². The molecule has 29 nitrogen and oxygen atoms in total. The molecule has 10 rings (SSSR count). The predicted octanol–water partition coefficient (Wildman–Crippen LogP) is -3.65. The lowest BCUT2D eigenvalue weighted by atomic mass is 9.47. The van der Waals surface area contributed by atoms with Gasteiger partial charge in [0.15, 0.2) is 37.7 Å². The van der Waals surface area contributed by atoms with Crippen LogP contribution >= 0.6 is 0 Å². The maximum Gasteiger partial charge on any atom is 0.187 e. The van der Waals surface area contributed by atoms with Gasteiger partial charge in [-0.25, -0.2) is 0 Å². The Morgan fingerprint density at radius 3 is 1.59 bits per heavy atom. The predicted molar refractivity (Wildman–Crippen MR) is 306 cm³/mol. The lowest BCUT2D eigenvalue weighted by Crippen LogP contribution is -2.67. The summed E-state index contributed by atoms with van der Waals surface area (Å²) in [5, 5.41) is 180. The quantitative estimate of drug-likeness (QED) is 0.0588. The summed E-state index contributed by atoms with van der Waals surface area (Å²) >= 11 is 0. The molecule has 91 heavy (non-hydrogen) atoms. The fourth-order valence-corrected chi connectivity index (χ4v) is 16.9. The third-order valence-electron chi connectivity index (χ3n) is 22.1. The summed E-state index contributed by atoms with van der Waals surface area (Å²) < 4.78 is 73.3. The maximum atomic E-state index is 13.2. The van der Waals surface area contributed by atoms with Crippen LogP contribution in [0, 0.1) is 40.4 Å². The highest BCUT2D eigenvalue weighted by Crippen LogP contribution is 2.67. The monoisotopic (exact) mass is 1310 g/mol. The zero-order chi connectivity index (χ0) is 66.4. The standard InChI is InChI=1S/C62H102O29/c1-22(2)16-28(65)19-62(9,79)36-11-10-30-29-18-33(32-17-27(64)12-14-60(32,7)31(29)13-15-61(30,36)8)85-56-48(77)51(40(69)25(5)83-56)89-58-52(90-55-47(76)44(73)38(67)24(4)82-55)42(71)35(21-80-58)87-59-53(45(74)41(70)34(20-63)86-59)91-57-49(78)50(39(68)26(6)84-57)88-54-46(75)43(72)37(66)23(3)81-54/h13,22-27,29-30,32-59,63-64,66-79H,10-12,14-21H2,1-9H3. The summed E-state index contributed by atoms with van der Waals surface area (Å²) in [6.07, 6.45) is -43.5. The second kappa shape index (κ2) is 28.3. The van der Waals surface area contributed by atoms with E-state index in [2.05, 4.69) is 19.9 Å². The zero-order valence-corrected chi connectivity index (χ0v) is 53.1. The Bertz CT molecular complexity index is 2460. The molecule has 0 amide bonds. The highest BCUT2D eigenvalue weighted by atomic mass is 16.8. The minimum absolute atomic E-state index is 0.0204. The Balaban J connectivity index is 0.886. The summed E-state index contributed by atoms with van der Waals surface area (Å²) in [4.78, 5) is 13.2. The van der Waals surface area contributed by atoms with Gasteiger partial charge < -0.3 is 139 Å². The number of fused-ring (bicyclic) bond motifs is 5. The Morgan fingerprint density at radius 1 is 0.549 bits per heavy atom. The molecule has 0 aromatic heterocycles. The first-order valence-electron chi connectivity index (χ1n) is 32.6. The average Bonchev–Trinajstić information content (AvgIpc) is 1.68. The topological polar surface area (TPSA) is 452 Å². The van der Waals surface area contributed by atoms with Crippen LogP contribution in [0.5, 0.6) is 0 Å². The van der Waals surface area contributed by atoms with Crippen LogP contribution in [0.25, 0.3) is 0 Å². The SMILES string of the molecule is CC(C)CC(=O)CC(C)(O)C1CCC2C3CC(OC4OC(C)C(O)C(OC5OCC(OC6OC(CO)C(O)C(O)C6OC6OC(C)C(O)C(OC7OC(C)C(O)C(O)C7O)C6O)C(O)C5OC5OC(C)C(O)C(O)C5O)C4O)C4CC(O)CCC4(C)C3=CCC21C. The van der Waals surface area contributed by atoms with E-state index in [4.69, 9.17) is 56.8 Å². The largest absolute Gasteiger partial charge is 0.394 e. The van der Waals surface area contributed by atoms with Gasteiger partial charge in [0.25, 0.3) is 0 Å². The molecule has 6 aliphatic heterocycles. The summed E-state index contributed by atoms with van der Waals surface area (Å²) in [6.45, 7) is 14.2. The van der Waals surface area contributed by atoms with Crippen molar-refractivity contribution in [2.24, 2.45) is 40.4 Å². The normalized spacial score (nSPS) is 53.6. The van der Waals surface area contributed by atoms with Crippen LogP contribution < -0.4 is 0 Å². The highest BCUT2D eigenvalue weighted by molar-refractivity contribution is 5.79. The number of rotatable bonds is 18. The molecule has 0 radical (unpaired) electrons. The molecule has 10 aliphatic rings. The number of aliphatic hydroxyl groups excluding tert-OH is 15. The second-order valence-corrected chi connectivity index (χ2v) is 29.0. The summed E-state index contributed by atoms with van der Waals surface area (Å²) in [7, 11) is 0. The summed E-state index contributed by atoms with van der Waals surface area (Å²) in [6, 6.07) is 0. The van der Waals surface area contributed by atoms with Crippen LogP contribution in [0.15, 0.2) is 11.6 Å².